The standard InChI is InChI=1S/C16H11ClFN2O3PS/c17-13-8-15-14(19-16(20-15)25-9-24(21,22)23)7-11(13)5-4-10-2-1-3-12(18)6-10/h1-3,6-8H,9H2,(H,19,20)(H2,21,22,23). The molecule has 0 spiro atoms. The second kappa shape index (κ2) is 7.20. The predicted molar refractivity (Wildman–Crippen MR) is 96.3 cm³/mol. The van der Waals surface area contributed by atoms with Gasteiger partial charge in [0, 0.05) is 11.1 Å². The number of halogens is 2. The number of benzene rings is 2. The molecule has 0 bridgehead atoms. The predicted octanol–water partition coefficient (Wildman–Crippen LogP) is 3.98. The highest BCUT2D eigenvalue weighted by atomic mass is 35.5. The van der Waals surface area contributed by atoms with Crippen molar-refractivity contribution in [3.8, 4) is 11.8 Å². The summed E-state index contributed by atoms with van der Waals surface area (Å²) in [6, 6.07) is 9.23. The fraction of sp³-hybridized carbons (Fsp3) is 0.0625. The van der Waals surface area contributed by atoms with Gasteiger partial charge in [0.2, 0.25) is 0 Å². The molecule has 128 valence electrons. The van der Waals surface area contributed by atoms with Crippen LogP contribution in [0.4, 0.5) is 4.39 Å². The number of nitrogens with zero attached hydrogens (tertiary/aromatic N) is 1. The number of thioether (sulfide) groups is 1. The van der Waals surface area contributed by atoms with E-state index in [4.69, 9.17) is 21.4 Å². The van der Waals surface area contributed by atoms with Crippen molar-refractivity contribution in [2.24, 2.45) is 0 Å². The van der Waals surface area contributed by atoms with Crippen LogP contribution in [0.25, 0.3) is 11.0 Å². The maximum atomic E-state index is 13.2. The minimum Gasteiger partial charge on any atom is -0.333 e. The zero-order valence-corrected chi connectivity index (χ0v) is 15.0. The first-order valence-corrected chi connectivity index (χ1v) is 10.1. The molecule has 0 aliphatic rings. The molecule has 3 rings (SSSR count). The van der Waals surface area contributed by atoms with Gasteiger partial charge >= 0.3 is 7.60 Å². The first-order chi connectivity index (χ1) is 11.8. The zero-order chi connectivity index (χ0) is 18.0. The lowest BCUT2D eigenvalue weighted by molar-refractivity contribution is 0.379. The van der Waals surface area contributed by atoms with Crippen LogP contribution < -0.4 is 0 Å². The van der Waals surface area contributed by atoms with Crippen LogP contribution in [0, 0.1) is 17.7 Å². The molecule has 0 saturated heterocycles. The molecule has 0 aliphatic carbocycles. The van der Waals surface area contributed by atoms with Crippen molar-refractivity contribution in [1.29, 1.82) is 0 Å². The summed E-state index contributed by atoms with van der Waals surface area (Å²) < 4.78 is 24.1. The van der Waals surface area contributed by atoms with Crippen molar-refractivity contribution in [3.63, 3.8) is 0 Å². The van der Waals surface area contributed by atoms with Crippen molar-refractivity contribution < 1.29 is 18.7 Å². The average Bonchev–Trinajstić information content (AvgIpc) is 2.92. The number of hydrogen-bond donors (Lipinski definition) is 3. The molecule has 3 N–H and O–H groups in total. The molecule has 3 aromatic rings. The lowest BCUT2D eigenvalue weighted by Gasteiger charge is -1.99. The molecule has 0 atom stereocenters. The van der Waals surface area contributed by atoms with Crippen LogP contribution in [-0.4, -0.2) is 25.2 Å². The van der Waals surface area contributed by atoms with E-state index >= 15 is 0 Å². The molecular formula is C16H11ClFN2O3PS. The molecule has 0 fully saturated rings. The number of rotatable bonds is 3. The molecular weight excluding hydrogens is 386 g/mol. The zero-order valence-electron chi connectivity index (χ0n) is 12.5. The van der Waals surface area contributed by atoms with Gasteiger partial charge in [0.25, 0.3) is 0 Å². The Morgan fingerprint density at radius 2 is 2.08 bits per heavy atom. The van der Waals surface area contributed by atoms with Crippen molar-refractivity contribution >= 4 is 42.0 Å². The molecule has 0 unspecified atom stereocenters. The SMILES string of the molecule is O=P(O)(O)CSc1nc2cc(C#Cc3cccc(F)c3)c(Cl)cc2[nH]1. The Balaban J connectivity index is 1.90. The highest BCUT2D eigenvalue weighted by Gasteiger charge is 2.15. The first-order valence-electron chi connectivity index (χ1n) is 6.94. The van der Waals surface area contributed by atoms with E-state index in [9.17, 15) is 8.96 Å². The Morgan fingerprint density at radius 1 is 1.28 bits per heavy atom. The largest absolute Gasteiger partial charge is 0.335 e. The Morgan fingerprint density at radius 3 is 2.80 bits per heavy atom. The third-order valence-corrected chi connectivity index (χ3v) is 5.73. The van der Waals surface area contributed by atoms with Crippen LogP contribution in [0.3, 0.4) is 0 Å². The van der Waals surface area contributed by atoms with Gasteiger partial charge in [0.05, 0.1) is 16.1 Å². The second-order valence-electron chi connectivity index (χ2n) is 5.09. The van der Waals surface area contributed by atoms with Crippen molar-refractivity contribution in [1.82, 2.24) is 9.97 Å². The van der Waals surface area contributed by atoms with Gasteiger partial charge < -0.3 is 14.8 Å². The topological polar surface area (TPSA) is 86.2 Å². The monoisotopic (exact) mass is 396 g/mol. The van der Waals surface area contributed by atoms with Crippen molar-refractivity contribution in [3.05, 3.63) is 58.4 Å². The maximum absolute atomic E-state index is 13.2. The Bertz CT molecular complexity index is 1050. The van der Waals surface area contributed by atoms with Gasteiger partial charge in [-0.3, -0.25) is 4.57 Å². The van der Waals surface area contributed by atoms with Gasteiger partial charge in [-0.15, -0.1) is 0 Å². The Kier molecular flexibility index (Phi) is 5.19. The Labute approximate surface area is 151 Å². The number of H-pyrrole nitrogens is 1. The van der Waals surface area contributed by atoms with Crippen LogP contribution in [0.15, 0.2) is 41.6 Å². The van der Waals surface area contributed by atoms with E-state index in [1.165, 1.54) is 12.1 Å². The summed E-state index contributed by atoms with van der Waals surface area (Å²) in [6.07, 6.45) is 0. The Hall–Kier alpha value is -1.81. The summed E-state index contributed by atoms with van der Waals surface area (Å²) >= 11 is 7.13. The fourth-order valence-electron chi connectivity index (χ4n) is 2.02. The highest BCUT2D eigenvalue weighted by Crippen LogP contribution is 2.40. The number of aromatic nitrogens is 2. The second-order valence-corrected chi connectivity index (χ2v) is 8.53. The average molecular weight is 397 g/mol. The number of fused-ring (bicyclic) bond motifs is 1. The van der Waals surface area contributed by atoms with Crippen LogP contribution in [-0.2, 0) is 4.57 Å². The van der Waals surface area contributed by atoms with E-state index in [2.05, 4.69) is 21.8 Å². The first kappa shape index (κ1) is 18.0. The summed E-state index contributed by atoms with van der Waals surface area (Å²) in [5.41, 5.74) is 1.88. The van der Waals surface area contributed by atoms with Gasteiger partial charge in [0.15, 0.2) is 5.16 Å². The molecule has 0 radical (unpaired) electrons. The maximum Gasteiger partial charge on any atom is 0.335 e. The molecule has 0 aliphatic heterocycles. The molecule has 25 heavy (non-hydrogen) atoms. The number of hydrogen-bond acceptors (Lipinski definition) is 3. The van der Waals surface area contributed by atoms with E-state index in [-0.39, 0.29) is 11.3 Å². The number of aromatic amines is 1. The number of imidazole rings is 1. The van der Waals surface area contributed by atoms with Gasteiger partial charge in [-0.05, 0) is 30.3 Å². The van der Waals surface area contributed by atoms with Crippen LogP contribution >= 0.6 is 31.0 Å². The summed E-state index contributed by atoms with van der Waals surface area (Å²) in [6.45, 7) is 0. The third kappa shape index (κ3) is 4.85. The third-order valence-electron chi connectivity index (χ3n) is 3.08. The van der Waals surface area contributed by atoms with Gasteiger partial charge in [0.1, 0.15) is 11.3 Å². The van der Waals surface area contributed by atoms with Crippen LogP contribution in [0.5, 0.6) is 0 Å². The summed E-state index contributed by atoms with van der Waals surface area (Å²) in [4.78, 5) is 25.1. The summed E-state index contributed by atoms with van der Waals surface area (Å²) in [5.74, 6) is 5.35. The smallest absolute Gasteiger partial charge is 0.333 e. The normalized spacial score (nSPS) is 11.4. The molecule has 1 aromatic heterocycles. The van der Waals surface area contributed by atoms with E-state index in [0.717, 1.165) is 11.8 Å². The minimum atomic E-state index is -4.12. The van der Waals surface area contributed by atoms with Crippen LogP contribution in [0.1, 0.15) is 11.1 Å². The minimum absolute atomic E-state index is 0.368. The van der Waals surface area contributed by atoms with E-state index < -0.39 is 7.60 Å². The lowest BCUT2D eigenvalue weighted by atomic mass is 10.1. The van der Waals surface area contributed by atoms with Gasteiger partial charge in [-0.1, -0.05) is 41.3 Å². The lowest BCUT2D eigenvalue weighted by Crippen LogP contribution is -1.83. The molecule has 9 heteroatoms. The molecule has 0 amide bonds. The molecule has 0 saturated carbocycles. The van der Waals surface area contributed by atoms with E-state index in [0.29, 0.717) is 32.3 Å². The summed E-state index contributed by atoms with van der Waals surface area (Å²) in [7, 11) is -4.12. The fourth-order valence-corrected chi connectivity index (χ4v) is 3.74. The molecule has 5 nitrogen and oxygen atoms in total. The van der Waals surface area contributed by atoms with Gasteiger partial charge in [-0.25, -0.2) is 9.37 Å². The molecule has 2 aromatic carbocycles. The molecule has 1 heterocycles. The van der Waals surface area contributed by atoms with Crippen molar-refractivity contribution in [2.75, 3.05) is 5.49 Å². The van der Waals surface area contributed by atoms with Crippen molar-refractivity contribution in [2.45, 2.75) is 5.16 Å². The number of nitrogens with one attached hydrogen (secondary N) is 1. The van der Waals surface area contributed by atoms with E-state index in [1.54, 1.807) is 24.3 Å². The highest BCUT2D eigenvalue weighted by molar-refractivity contribution is 8.04. The van der Waals surface area contributed by atoms with Crippen LogP contribution in [0.2, 0.25) is 5.02 Å². The summed E-state index contributed by atoms with van der Waals surface area (Å²) in [5, 5.41) is 0.774. The van der Waals surface area contributed by atoms with Gasteiger partial charge in [-0.2, -0.15) is 0 Å². The van der Waals surface area contributed by atoms with E-state index in [1.807, 2.05) is 0 Å². The quantitative estimate of drug-likeness (QED) is 0.354.